The fourth-order valence-corrected chi connectivity index (χ4v) is 3.79. The lowest BCUT2D eigenvalue weighted by Gasteiger charge is -2.21. The van der Waals surface area contributed by atoms with Gasteiger partial charge in [-0.15, -0.1) is 22.7 Å². The van der Waals surface area contributed by atoms with Crippen LogP contribution in [0, 0.1) is 6.92 Å². The first kappa shape index (κ1) is 13.4. The van der Waals surface area contributed by atoms with E-state index < -0.39 is 0 Å². The molecule has 110 valence electrons. The Morgan fingerprint density at radius 3 is 3.00 bits per heavy atom. The van der Waals surface area contributed by atoms with E-state index in [2.05, 4.69) is 15.3 Å². The van der Waals surface area contributed by atoms with Crippen LogP contribution in [0.2, 0.25) is 0 Å². The molecule has 22 heavy (non-hydrogen) atoms. The Morgan fingerprint density at radius 2 is 2.18 bits per heavy atom. The second-order valence-electron chi connectivity index (χ2n) is 4.86. The number of benzene rings is 1. The van der Waals surface area contributed by atoms with E-state index in [4.69, 9.17) is 4.74 Å². The standard InChI is InChI=1S/C15H11N3O2S2/c1-8-9(2-3-12-14(8)18-13(19)4-20-12)10-6-22-15(17-10)11-5-21-7-16-11/h2-3,5-7H,4H2,1H3,(H,18,19). The summed E-state index contributed by atoms with van der Waals surface area (Å²) in [5, 5.41) is 7.76. The van der Waals surface area contributed by atoms with Crippen molar-refractivity contribution in [3.63, 3.8) is 0 Å². The number of rotatable bonds is 2. The molecule has 1 aliphatic heterocycles. The molecule has 0 bridgehead atoms. The molecule has 0 spiro atoms. The molecule has 4 rings (SSSR count). The lowest BCUT2D eigenvalue weighted by Crippen LogP contribution is -2.26. The minimum atomic E-state index is -0.130. The second-order valence-corrected chi connectivity index (χ2v) is 6.44. The molecule has 0 fully saturated rings. The summed E-state index contributed by atoms with van der Waals surface area (Å²) in [5.41, 5.74) is 6.26. The summed E-state index contributed by atoms with van der Waals surface area (Å²) in [7, 11) is 0. The van der Waals surface area contributed by atoms with Crippen molar-refractivity contribution in [2.24, 2.45) is 0 Å². The van der Waals surface area contributed by atoms with Crippen LogP contribution in [-0.2, 0) is 4.79 Å². The van der Waals surface area contributed by atoms with Gasteiger partial charge in [0.05, 0.1) is 16.9 Å². The Morgan fingerprint density at radius 1 is 1.27 bits per heavy atom. The molecule has 0 unspecified atom stereocenters. The van der Waals surface area contributed by atoms with Crippen LogP contribution in [0.3, 0.4) is 0 Å². The van der Waals surface area contributed by atoms with Gasteiger partial charge in [-0.1, -0.05) is 0 Å². The van der Waals surface area contributed by atoms with Crippen LogP contribution >= 0.6 is 22.7 Å². The van der Waals surface area contributed by atoms with Gasteiger partial charge in [0.15, 0.2) is 6.61 Å². The predicted octanol–water partition coefficient (Wildman–Crippen LogP) is 3.57. The van der Waals surface area contributed by atoms with Crippen LogP contribution in [0.25, 0.3) is 22.0 Å². The SMILES string of the molecule is Cc1c(-c2csc(-c3cscn3)n2)ccc2c1NC(=O)CO2. The molecule has 1 aliphatic rings. The third kappa shape index (κ3) is 2.18. The van der Waals surface area contributed by atoms with Crippen molar-refractivity contribution >= 4 is 34.3 Å². The maximum atomic E-state index is 11.5. The van der Waals surface area contributed by atoms with E-state index in [1.165, 1.54) is 0 Å². The Hall–Kier alpha value is -2.25. The number of aromatic nitrogens is 2. The molecule has 3 aromatic rings. The van der Waals surface area contributed by atoms with E-state index in [1.54, 1.807) is 28.2 Å². The Kier molecular flexibility index (Phi) is 3.16. The molecular formula is C15H11N3O2S2. The molecule has 1 aromatic carbocycles. The average Bonchev–Trinajstić information content (AvgIpc) is 3.19. The quantitative estimate of drug-likeness (QED) is 0.780. The van der Waals surface area contributed by atoms with Crippen molar-refractivity contribution < 1.29 is 9.53 Å². The second kappa shape index (κ2) is 5.19. The van der Waals surface area contributed by atoms with E-state index in [0.29, 0.717) is 5.75 Å². The largest absolute Gasteiger partial charge is 0.482 e. The van der Waals surface area contributed by atoms with Crippen molar-refractivity contribution in [2.75, 3.05) is 11.9 Å². The van der Waals surface area contributed by atoms with Crippen LogP contribution in [-0.4, -0.2) is 22.5 Å². The van der Waals surface area contributed by atoms with Gasteiger partial charge in [-0.25, -0.2) is 9.97 Å². The lowest BCUT2D eigenvalue weighted by molar-refractivity contribution is -0.118. The van der Waals surface area contributed by atoms with Gasteiger partial charge in [0.1, 0.15) is 16.5 Å². The number of hydrogen-bond acceptors (Lipinski definition) is 6. The van der Waals surface area contributed by atoms with E-state index >= 15 is 0 Å². The highest BCUT2D eigenvalue weighted by atomic mass is 32.1. The summed E-state index contributed by atoms with van der Waals surface area (Å²) in [6, 6.07) is 3.85. The van der Waals surface area contributed by atoms with E-state index in [9.17, 15) is 4.79 Å². The summed E-state index contributed by atoms with van der Waals surface area (Å²) >= 11 is 3.12. The Balaban J connectivity index is 1.77. The fraction of sp³-hybridized carbons (Fsp3) is 0.133. The van der Waals surface area contributed by atoms with Crippen LogP contribution in [0.4, 0.5) is 5.69 Å². The fourth-order valence-electron chi connectivity index (χ4n) is 2.39. The van der Waals surface area contributed by atoms with Crippen molar-refractivity contribution in [2.45, 2.75) is 6.92 Å². The minimum absolute atomic E-state index is 0.0659. The number of fused-ring (bicyclic) bond motifs is 1. The summed E-state index contributed by atoms with van der Waals surface area (Å²) in [6.07, 6.45) is 0. The van der Waals surface area contributed by atoms with Gasteiger partial charge in [-0.3, -0.25) is 4.79 Å². The summed E-state index contributed by atoms with van der Waals surface area (Å²) in [4.78, 5) is 20.5. The summed E-state index contributed by atoms with van der Waals surface area (Å²) in [5.74, 6) is 0.574. The summed E-state index contributed by atoms with van der Waals surface area (Å²) < 4.78 is 5.43. The normalized spacial score (nSPS) is 13.4. The van der Waals surface area contributed by atoms with Crippen molar-refractivity contribution in [3.05, 3.63) is 34.0 Å². The number of amides is 1. The van der Waals surface area contributed by atoms with E-state index in [0.717, 1.165) is 33.2 Å². The molecule has 1 N–H and O–H groups in total. The summed E-state index contributed by atoms with van der Waals surface area (Å²) in [6.45, 7) is 2.03. The zero-order valence-corrected chi connectivity index (χ0v) is 13.3. The molecule has 7 heteroatoms. The van der Waals surface area contributed by atoms with E-state index in [1.807, 2.05) is 29.8 Å². The molecule has 0 atom stereocenters. The van der Waals surface area contributed by atoms with Crippen molar-refractivity contribution in [1.82, 2.24) is 9.97 Å². The zero-order chi connectivity index (χ0) is 15.1. The molecule has 0 aliphatic carbocycles. The van der Waals surface area contributed by atoms with Gasteiger partial charge in [-0.2, -0.15) is 0 Å². The topological polar surface area (TPSA) is 64.1 Å². The average molecular weight is 329 g/mol. The maximum absolute atomic E-state index is 11.5. The van der Waals surface area contributed by atoms with E-state index in [-0.39, 0.29) is 12.5 Å². The minimum Gasteiger partial charge on any atom is -0.482 e. The number of ether oxygens (including phenoxy) is 1. The predicted molar refractivity (Wildman–Crippen MR) is 87.5 cm³/mol. The number of nitrogens with one attached hydrogen (secondary N) is 1. The third-order valence-corrected chi connectivity index (χ3v) is 4.93. The third-order valence-electron chi connectivity index (χ3n) is 3.48. The number of nitrogens with zero attached hydrogens (tertiary/aromatic N) is 2. The molecule has 2 aromatic heterocycles. The maximum Gasteiger partial charge on any atom is 0.262 e. The van der Waals surface area contributed by atoms with Crippen molar-refractivity contribution in [1.29, 1.82) is 0 Å². The number of anilines is 1. The Bertz CT molecular complexity index is 856. The molecule has 0 saturated heterocycles. The van der Waals surface area contributed by atoms with Gasteiger partial charge in [0, 0.05) is 16.3 Å². The van der Waals surface area contributed by atoms with Gasteiger partial charge < -0.3 is 10.1 Å². The van der Waals surface area contributed by atoms with Crippen LogP contribution < -0.4 is 10.1 Å². The number of carbonyl (C=O) groups excluding carboxylic acids is 1. The zero-order valence-electron chi connectivity index (χ0n) is 11.6. The number of thiazole rings is 2. The highest BCUT2D eigenvalue weighted by Gasteiger charge is 2.21. The van der Waals surface area contributed by atoms with Crippen LogP contribution in [0.15, 0.2) is 28.4 Å². The number of hydrogen-bond donors (Lipinski definition) is 1. The molecular weight excluding hydrogens is 318 g/mol. The molecule has 0 radical (unpaired) electrons. The van der Waals surface area contributed by atoms with Gasteiger partial charge >= 0.3 is 0 Å². The molecule has 5 nitrogen and oxygen atoms in total. The highest BCUT2D eigenvalue weighted by molar-refractivity contribution is 7.14. The van der Waals surface area contributed by atoms with Gasteiger partial charge in [-0.05, 0) is 24.6 Å². The molecule has 3 heterocycles. The van der Waals surface area contributed by atoms with Gasteiger partial charge in [0.25, 0.3) is 5.91 Å². The van der Waals surface area contributed by atoms with Crippen molar-refractivity contribution in [3.8, 4) is 27.7 Å². The lowest BCUT2D eigenvalue weighted by atomic mass is 10.0. The van der Waals surface area contributed by atoms with Gasteiger partial charge in [0.2, 0.25) is 0 Å². The smallest absolute Gasteiger partial charge is 0.262 e. The molecule has 0 saturated carbocycles. The monoisotopic (exact) mass is 329 g/mol. The highest BCUT2D eigenvalue weighted by Crippen LogP contribution is 2.38. The first-order valence-corrected chi connectivity index (χ1v) is 8.45. The Labute approximate surface area is 134 Å². The first-order valence-electron chi connectivity index (χ1n) is 6.63. The molecule has 1 amide bonds. The van der Waals surface area contributed by atoms with Crippen LogP contribution in [0.1, 0.15) is 5.56 Å². The number of carbonyl (C=O) groups is 1. The first-order chi connectivity index (χ1) is 10.7. The van der Waals surface area contributed by atoms with Crippen LogP contribution in [0.5, 0.6) is 5.75 Å².